The molecule has 0 unspecified atom stereocenters. The summed E-state index contributed by atoms with van der Waals surface area (Å²) in [5.74, 6) is 4.38. The van der Waals surface area contributed by atoms with Crippen LogP contribution in [-0.4, -0.2) is 12.5 Å². The first-order valence-electron chi connectivity index (χ1n) is 4.71. The molecule has 0 spiro atoms. The molecule has 0 aliphatic rings. The van der Waals surface area contributed by atoms with Crippen LogP contribution in [-0.2, 0) is 4.79 Å². The van der Waals surface area contributed by atoms with Gasteiger partial charge in [-0.3, -0.25) is 10.2 Å². The third kappa shape index (κ3) is 4.16. The second-order valence-electron chi connectivity index (χ2n) is 3.09. The van der Waals surface area contributed by atoms with Gasteiger partial charge in [-0.1, -0.05) is 15.9 Å². The molecule has 1 aromatic rings. The highest BCUT2D eigenvalue weighted by atomic mass is 79.9. The van der Waals surface area contributed by atoms with E-state index in [4.69, 9.17) is 10.6 Å². The maximum atomic E-state index is 13.2. The van der Waals surface area contributed by atoms with Gasteiger partial charge >= 0.3 is 0 Å². The number of nitrogens with one attached hydrogen (secondary N) is 1. The Morgan fingerprint density at radius 2 is 2.31 bits per heavy atom. The second kappa shape index (κ2) is 6.44. The van der Waals surface area contributed by atoms with Gasteiger partial charge in [-0.05, 0) is 24.6 Å². The summed E-state index contributed by atoms with van der Waals surface area (Å²) in [5, 5.41) is 0. The van der Waals surface area contributed by atoms with Crippen molar-refractivity contribution in [3.63, 3.8) is 0 Å². The third-order valence-electron chi connectivity index (χ3n) is 1.86. The fourth-order valence-electron chi connectivity index (χ4n) is 1.07. The molecule has 4 nitrogen and oxygen atoms in total. The largest absolute Gasteiger partial charge is 0.490 e. The molecule has 0 atom stereocenters. The molecule has 0 radical (unpaired) electrons. The lowest BCUT2D eigenvalue weighted by atomic mass is 10.3. The predicted molar refractivity (Wildman–Crippen MR) is 61.2 cm³/mol. The molecule has 0 fully saturated rings. The molecule has 1 aromatic carbocycles. The number of hydrazine groups is 1. The molecule has 16 heavy (non-hydrogen) atoms. The second-order valence-corrected chi connectivity index (χ2v) is 4.01. The lowest BCUT2D eigenvalue weighted by Crippen LogP contribution is -2.29. The standard InChI is InChI=1S/C10H12BrFN2O2/c11-7-3-4-8(12)9(6-7)16-5-1-2-10(15)14-13/h3-4,6H,1-2,5,13H2,(H,14,15). The Bertz CT molecular complexity index is 374. The van der Waals surface area contributed by atoms with Crippen LogP contribution < -0.4 is 16.0 Å². The van der Waals surface area contributed by atoms with E-state index in [1.165, 1.54) is 6.07 Å². The monoisotopic (exact) mass is 290 g/mol. The molecule has 88 valence electrons. The zero-order valence-corrected chi connectivity index (χ0v) is 10.1. The number of nitrogens with two attached hydrogens (primary N) is 1. The highest BCUT2D eigenvalue weighted by Crippen LogP contribution is 2.22. The summed E-state index contributed by atoms with van der Waals surface area (Å²) >= 11 is 3.21. The van der Waals surface area contributed by atoms with Crippen molar-refractivity contribution >= 4 is 21.8 Å². The van der Waals surface area contributed by atoms with Crippen LogP contribution in [0.1, 0.15) is 12.8 Å². The fraction of sp³-hybridized carbons (Fsp3) is 0.300. The first-order chi connectivity index (χ1) is 7.63. The molecule has 1 rings (SSSR count). The van der Waals surface area contributed by atoms with Crippen molar-refractivity contribution in [1.29, 1.82) is 0 Å². The number of carbonyl (C=O) groups excluding carboxylic acids is 1. The van der Waals surface area contributed by atoms with Gasteiger partial charge in [-0.15, -0.1) is 0 Å². The molecule has 0 aliphatic carbocycles. The minimum atomic E-state index is -0.425. The number of ether oxygens (including phenoxy) is 1. The summed E-state index contributed by atoms with van der Waals surface area (Å²) in [5.41, 5.74) is 2.01. The van der Waals surface area contributed by atoms with Crippen LogP contribution >= 0.6 is 15.9 Å². The van der Waals surface area contributed by atoms with Crippen LogP contribution in [0.25, 0.3) is 0 Å². The summed E-state index contributed by atoms with van der Waals surface area (Å²) in [7, 11) is 0. The van der Waals surface area contributed by atoms with Gasteiger partial charge in [0, 0.05) is 10.9 Å². The molecule has 0 saturated carbocycles. The van der Waals surface area contributed by atoms with E-state index in [1.807, 2.05) is 5.43 Å². The summed E-state index contributed by atoms with van der Waals surface area (Å²) in [6.45, 7) is 0.265. The van der Waals surface area contributed by atoms with Gasteiger partial charge in [0.05, 0.1) is 6.61 Å². The van der Waals surface area contributed by atoms with E-state index in [-0.39, 0.29) is 24.7 Å². The molecular weight excluding hydrogens is 279 g/mol. The average molecular weight is 291 g/mol. The molecular formula is C10H12BrFN2O2. The van der Waals surface area contributed by atoms with Crippen molar-refractivity contribution in [3.8, 4) is 5.75 Å². The smallest absolute Gasteiger partial charge is 0.234 e. The maximum absolute atomic E-state index is 13.2. The minimum Gasteiger partial charge on any atom is -0.490 e. The molecule has 0 aromatic heterocycles. The van der Waals surface area contributed by atoms with E-state index in [1.54, 1.807) is 12.1 Å². The van der Waals surface area contributed by atoms with Gasteiger partial charge in [0.15, 0.2) is 11.6 Å². The SMILES string of the molecule is NNC(=O)CCCOc1cc(Br)ccc1F. The molecule has 0 bridgehead atoms. The van der Waals surface area contributed by atoms with E-state index >= 15 is 0 Å². The van der Waals surface area contributed by atoms with Crippen LogP contribution in [0.2, 0.25) is 0 Å². The highest BCUT2D eigenvalue weighted by Gasteiger charge is 2.04. The van der Waals surface area contributed by atoms with E-state index in [2.05, 4.69) is 15.9 Å². The zero-order valence-electron chi connectivity index (χ0n) is 8.50. The zero-order chi connectivity index (χ0) is 12.0. The van der Waals surface area contributed by atoms with Gasteiger partial charge < -0.3 is 4.74 Å². The van der Waals surface area contributed by atoms with E-state index in [0.717, 1.165) is 4.47 Å². The topological polar surface area (TPSA) is 64.3 Å². The number of benzene rings is 1. The van der Waals surface area contributed by atoms with Crippen LogP contribution in [0.15, 0.2) is 22.7 Å². The Labute approximate surface area is 101 Å². The Kier molecular flexibility index (Phi) is 5.21. The van der Waals surface area contributed by atoms with Gasteiger partial charge in [0.1, 0.15) is 0 Å². The van der Waals surface area contributed by atoms with Gasteiger partial charge in [-0.2, -0.15) is 0 Å². The number of amides is 1. The average Bonchev–Trinajstić information content (AvgIpc) is 2.28. The minimum absolute atomic E-state index is 0.169. The Balaban J connectivity index is 2.37. The maximum Gasteiger partial charge on any atom is 0.234 e. The van der Waals surface area contributed by atoms with E-state index in [0.29, 0.717) is 6.42 Å². The Hall–Kier alpha value is -1.14. The summed E-state index contributed by atoms with van der Waals surface area (Å²) < 4.78 is 19.1. The van der Waals surface area contributed by atoms with Crippen molar-refractivity contribution < 1.29 is 13.9 Å². The number of hydrogen-bond donors (Lipinski definition) is 2. The molecule has 0 aliphatic heterocycles. The Morgan fingerprint density at radius 3 is 3.00 bits per heavy atom. The summed E-state index contributed by atoms with van der Waals surface area (Å²) in [4.78, 5) is 10.8. The molecule has 1 amide bonds. The third-order valence-corrected chi connectivity index (χ3v) is 2.35. The summed E-state index contributed by atoms with van der Waals surface area (Å²) in [6.07, 6.45) is 0.737. The van der Waals surface area contributed by atoms with Crippen molar-refractivity contribution in [2.24, 2.45) is 5.84 Å². The lowest BCUT2D eigenvalue weighted by Gasteiger charge is -2.07. The number of hydrogen-bond acceptors (Lipinski definition) is 3. The predicted octanol–water partition coefficient (Wildman–Crippen LogP) is 1.74. The fourth-order valence-corrected chi connectivity index (χ4v) is 1.41. The van der Waals surface area contributed by atoms with Crippen molar-refractivity contribution in [3.05, 3.63) is 28.5 Å². The number of halogens is 2. The molecule has 0 saturated heterocycles. The first kappa shape index (κ1) is 12.9. The normalized spacial score (nSPS) is 9.94. The van der Waals surface area contributed by atoms with E-state index < -0.39 is 5.82 Å². The van der Waals surface area contributed by atoms with Crippen LogP contribution in [0.4, 0.5) is 4.39 Å². The highest BCUT2D eigenvalue weighted by molar-refractivity contribution is 9.10. The van der Waals surface area contributed by atoms with Gasteiger partial charge in [-0.25, -0.2) is 10.2 Å². The van der Waals surface area contributed by atoms with E-state index in [9.17, 15) is 9.18 Å². The lowest BCUT2D eigenvalue weighted by molar-refractivity contribution is -0.121. The van der Waals surface area contributed by atoms with Crippen molar-refractivity contribution in [2.75, 3.05) is 6.61 Å². The van der Waals surface area contributed by atoms with Crippen molar-refractivity contribution in [1.82, 2.24) is 5.43 Å². The molecule has 3 N–H and O–H groups in total. The molecule has 6 heteroatoms. The van der Waals surface area contributed by atoms with Crippen molar-refractivity contribution in [2.45, 2.75) is 12.8 Å². The number of carbonyl (C=O) groups is 1. The summed E-state index contributed by atoms with van der Waals surface area (Å²) in [6, 6.07) is 4.44. The Morgan fingerprint density at radius 1 is 1.56 bits per heavy atom. The quantitative estimate of drug-likeness (QED) is 0.376. The van der Waals surface area contributed by atoms with Crippen LogP contribution in [0.5, 0.6) is 5.75 Å². The van der Waals surface area contributed by atoms with Crippen LogP contribution in [0, 0.1) is 5.82 Å². The molecule has 0 heterocycles. The van der Waals surface area contributed by atoms with Gasteiger partial charge in [0.25, 0.3) is 0 Å². The van der Waals surface area contributed by atoms with Crippen LogP contribution in [0.3, 0.4) is 0 Å². The van der Waals surface area contributed by atoms with Gasteiger partial charge in [0.2, 0.25) is 5.91 Å². The number of rotatable bonds is 5. The first-order valence-corrected chi connectivity index (χ1v) is 5.50.